The van der Waals surface area contributed by atoms with Crippen molar-refractivity contribution < 1.29 is 8.42 Å². The first-order valence-electron chi connectivity index (χ1n) is 6.72. The SMILES string of the molecule is CNC1CCC(C)CC1S(=O)(=O)c1ccc(Cl)c(Cl)c1. The maximum Gasteiger partial charge on any atom is 0.182 e. The lowest BCUT2D eigenvalue weighted by Gasteiger charge is -2.34. The Morgan fingerprint density at radius 2 is 1.90 bits per heavy atom. The zero-order valence-electron chi connectivity index (χ0n) is 11.6. The van der Waals surface area contributed by atoms with Gasteiger partial charge in [-0.2, -0.15) is 0 Å². The van der Waals surface area contributed by atoms with Crippen molar-refractivity contribution in [3.05, 3.63) is 28.2 Å². The number of nitrogens with one attached hydrogen (secondary N) is 1. The molecule has 1 N–H and O–H groups in total. The van der Waals surface area contributed by atoms with Gasteiger partial charge in [0.15, 0.2) is 9.84 Å². The van der Waals surface area contributed by atoms with Gasteiger partial charge in [0, 0.05) is 6.04 Å². The van der Waals surface area contributed by atoms with E-state index < -0.39 is 15.1 Å². The topological polar surface area (TPSA) is 46.2 Å². The zero-order valence-corrected chi connectivity index (χ0v) is 13.9. The Kier molecular flexibility index (Phi) is 5.00. The normalized spacial score (nSPS) is 27.5. The molecule has 1 aromatic carbocycles. The van der Waals surface area contributed by atoms with Crippen molar-refractivity contribution in [3.63, 3.8) is 0 Å². The smallest absolute Gasteiger partial charge is 0.182 e. The molecule has 0 amide bonds. The third-order valence-electron chi connectivity index (χ3n) is 4.04. The fourth-order valence-electron chi connectivity index (χ4n) is 2.83. The first-order valence-corrected chi connectivity index (χ1v) is 9.02. The molecule has 3 unspecified atom stereocenters. The van der Waals surface area contributed by atoms with E-state index in [0.717, 1.165) is 12.8 Å². The molecular formula is C14H19Cl2NO2S. The van der Waals surface area contributed by atoms with Crippen LogP contribution < -0.4 is 5.32 Å². The second kappa shape index (κ2) is 6.22. The van der Waals surface area contributed by atoms with Crippen molar-refractivity contribution in [3.8, 4) is 0 Å². The highest BCUT2D eigenvalue weighted by Crippen LogP contribution is 2.34. The second-order valence-corrected chi connectivity index (χ2v) is 8.45. The Balaban J connectivity index is 2.39. The van der Waals surface area contributed by atoms with Crippen LogP contribution in [0.2, 0.25) is 10.0 Å². The predicted molar refractivity (Wildman–Crippen MR) is 83.3 cm³/mol. The fourth-order valence-corrected chi connectivity index (χ4v) is 5.37. The van der Waals surface area contributed by atoms with E-state index in [2.05, 4.69) is 12.2 Å². The first kappa shape index (κ1) is 16.1. The van der Waals surface area contributed by atoms with Gasteiger partial charge in [0.05, 0.1) is 20.2 Å². The van der Waals surface area contributed by atoms with Gasteiger partial charge in [0.1, 0.15) is 0 Å². The zero-order chi connectivity index (χ0) is 14.9. The van der Waals surface area contributed by atoms with E-state index in [9.17, 15) is 8.42 Å². The van der Waals surface area contributed by atoms with Gasteiger partial charge < -0.3 is 5.32 Å². The van der Waals surface area contributed by atoms with Gasteiger partial charge in [-0.25, -0.2) is 8.42 Å². The number of hydrogen-bond acceptors (Lipinski definition) is 3. The maximum absolute atomic E-state index is 12.8. The fraction of sp³-hybridized carbons (Fsp3) is 0.571. The summed E-state index contributed by atoms with van der Waals surface area (Å²) in [6.07, 6.45) is 2.61. The molecule has 0 bridgehead atoms. The minimum Gasteiger partial charge on any atom is -0.316 e. The van der Waals surface area contributed by atoms with E-state index in [1.807, 2.05) is 7.05 Å². The summed E-state index contributed by atoms with van der Waals surface area (Å²) < 4.78 is 25.6. The molecule has 1 fully saturated rings. The predicted octanol–water partition coefficient (Wildman–Crippen LogP) is 3.54. The summed E-state index contributed by atoms with van der Waals surface area (Å²) in [5, 5.41) is 3.37. The lowest BCUT2D eigenvalue weighted by Crippen LogP contribution is -2.46. The van der Waals surface area contributed by atoms with Crippen LogP contribution in [0.15, 0.2) is 23.1 Å². The molecule has 1 aliphatic rings. The number of benzene rings is 1. The third-order valence-corrected chi connectivity index (χ3v) is 7.01. The van der Waals surface area contributed by atoms with Gasteiger partial charge in [-0.05, 0) is 50.4 Å². The molecule has 0 radical (unpaired) electrons. The summed E-state index contributed by atoms with van der Waals surface area (Å²) in [4.78, 5) is 0.256. The molecule has 1 aromatic rings. The summed E-state index contributed by atoms with van der Waals surface area (Å²) >= 11 is 11.8. The Morgan fingerprint density at radius 3 is 2.50 bits per heavy atom. The lowest BCUT2D eigenvalue weighted by molar-refractivity contribution is 0.319. The minimum atomic E-state index is -3.40. The molecule has 0 aliphatic heterocycles. The number of sulfone groups is 1. The van der Waals surface area contributed by atoms with E-state index in [1.54, 1.807) is 0 Å². The highest BCUT2D eigenvalue weighted by Gasteiger charge is 2.38. The monoisotopic (exact) mass is 335 g/mol. The Bertz CT molecular complexity index is 589. The van der Waals surface area contributed by atoms with E-state index in [0.29, 0.717) is 17.4 Å². The molecule has 1 saturated carbocycles. The minimum absolute atomic E-state index is 0.00865. The molecule has 3 nitrogen and oxygen atoms in total. The molecule has 6 heteroatoms. The Labute approximate surface area is 130 Å². The first-order chi connectivity index (χ1) is 9.36. The van der Waals surface area contributed by atoms with Gasteiger partial charge in [0.2, 0.25) is 0 Å². The van der Waals surface area contributed by atoms with Crippen LogP contribution in [0.4, 0.5) is 0 Å². The van der Waals surface area contributed by atoms with E-state index in [1.165, 1.54) is 18.2 Å². The summed E-state index contributed by atoms with van der Waals surface area (Å²) in [5.41, 5.74) is 0. The van der Waals surface area contributed by atoms with Gasteiger partial charge in [-0.3, -0.25) is 0 Å². The van der Waals surface area contributed by atoms with E-state index in [-0.39, 0.29) is 16.0 Å². The van der Waals surface area contributed by atoms with Crippen LogP contribution in [-0.2, 0) is 9.84 Å². The van der Waals surface area contributed by atoms with Gasteiger partial charge in [0.25, 0.3) is 0 Å². The van der Waals surface area contributed by atoms with Crippen LogP contribution in [0.25, 0.3) is 0 Å². The highest BCUT2D eigenvalue weighted by atomic mass is 35.5. The largest absolute Gasteiger partial charge is 0.316 e. The van der Waals surface area contributed by atoms with Crippen LogP contribution in [0.1, 0.15) is 26.2 Å². The average molecular weight is 336 g/mol. The number of rotatable bonds is 3. The third kappa shape index (κ3) is 3.14. The van der Waals surface area contributed by atoms with Crippen molar-refractivity contribution in [2.45, 2.75) is 42.4 Å². The van der Waals surface area contributed by atoms with Crippen molar-refractivity contribution in [1.29, 1.82) is 0 Å². The molecule has 2 rings (SSSR count). The summed E-state index contributed by atoms with van der Waals surface area (Å²) in [5.74, 6) is 0.419. The van der Waals surface area contributed by atoms with Crippen LogP contribution in [0.5, 0.6) is 0 Å². The quantitative estimate of drug-likeness (QED) is 0.918. The van der Waals surface area contributed by atoms with Gasteiger partial charge in [-0.1, -0.05) is 30.1 Å². The molecule has 0 heterocycles. The summed E-state index contributed by atoms with van der Waals surface area (Å²) in [6.45, 7) is 2.10. The van der Waals surface area contributed by atoms with Crippen molar-refractivity contribution in [2.24, 2.45) is 5.92 Å². The summed E-state index contributed by atoms with van der Waals surface area (Å²) in [7, 11) is -1.58. The Hall–Kier alpha value is -0.290. The molecule has 112 valence electrons. The van der Waals surface area contributed by atoms with E-state index >= 15 is 0 Å². The van der Waals surface area contributed by atoms with Crippen LogP contribution in [-0.4, -0.2) is 26.8 Å². The molecular weight excluding hydrogens is 317 g/mol. The van der Waals surface area contributed by atoms with Crippen LogP contribution in [0.3, 0.4) is 0 Å². The average Bonchev–Trinajstić information content (AvgIpc) is 2.41. The highest BCUT2D eigenvalue weighted by molar-refractivity contribution is 7.92. The molecule has 3 atom stereocenters. The number of halogens is 2. The molecule has 1 aliphatic carbocycles. The maximum atomic E-state index is 12.8. The van der Waals surface area contributed by atoms with Crippen LogP contribution >= 0.6 is 23.2 Å². The second-order valence-electron chi connectivity index (χ2n) is 5.47. The Morgan fingerprint density at radius 1 is 1.20 bits per heavy atom. The number of hydrogen-bond donors (Lipinski definition) is 1. The molecule has 20 heavy (non-hydrogen) atoms. The van der Waals surface area contributed by atoms with Crippen molar-refractivity contribution in [2.75, 3.05) is 7.05 Å². The molecule has 0 saturated heterocycles. The standard InChI is InChI=1S/C14H19Cl2NO2S/c1-9-3-6-13(17-2)14(7-9)20(18,19)10-4-5-11(15)12(16)8-10/h4-5,8-9,13-14,17H,3,6-7H2,1-2H3. The van der Waals surface area contributed by atoms with Gasteiger partial charge >= 0.3 is 0 Å². The van der Waals surface area contributed by atoms with Crippen molar-refractivity contribution >= 4 is 33.0 Å². The van der Waals surface area contributed by atoms with E-state index in [4.69, 9.17) is 23.2 Å². The summed E-state index contributed by atoms with van der Waals surface area (Å²) in [6, 6.07) is 4.52. The molecule has 0 spiro atoms. The van der Waals surface area contributed by atoms with Gasteiger partial charge in [-0.15, -0.1) is 0 Å². The van der Waals surface area contributed by atoms with Crippen molar-refractivity contribution in [1.82, 2.24) is 5.32 Å². The molecule has 0 aromatic heterocycles. The van der Waals surface area contributed by atoms with Crippen LogP contribution in [0, 0.1) is 5.92 Å². The lowest BCUT2D eigenvalue weighted by atomic mass is 9.87.